The van der Waals surface area contributed by atoms with Gasteiger partial charge in [-0.25, -0.2) is 0 Å². The van der Waals surface area contributed by atoms with Crippen molar-refractivity contribution in [3.05, 3.63) is 52.7 Å². The fourth-order valence-corrected chi connectivity index (χ4v) is 2.52. The van der Waals surface area contributed by atoms with E-state index < -0.39 is 0 Å². The molecule has 0 aliphatic heterocycles. The van der Waals surface area contributed by atoms with Crippen molar-refractivity contribution >= 4 is 17.3 Å². The second kappa shape index (κ2) is 4.97. The van der Waals surface area contributed by atoms with Crippen LogP contribution < -0.4 is 4.90 Å². The highest BCUT2D eigenvalue weighted by Gasteiger charge is 2.20. The molecular weight excluding hydrogens is 230 g/mol. The zero-order valence-electron chi connectivity index (χ0n) is 10.5. The number of benzene rings is 1. The number of nitrogens with zero attached hydrogens (tertiary/aromatic N) is 1. The lowest BCUT2D eigenvalue weighted by Gasteiger charge is -2.26. The van der Waals surface area contributed by atoms with Crippen molar-refractivity contribution in [2.75, 3.05) is 11.4 Å². The Bertz CT molecular complexity index is 456. The Morgan fingerprint density at radius 1 is 1.24 bits per heavy atom. The lowest BCUT2D eigenvalue weighted by Crippen LogP contribution is -2.22. The third kappa shape index (κ3) is 2.39. The van der Waals surface area contributed by atoms with Gasteiger partial charge in [-0.2, -0.15) is 0 Å². The van der Waals surface area contributed by atoms with Crippen molar-refractivity contribution in [2.24, 2.45) is 0 Å². The van der Waals surface area contributed by atoms with Gasteiger partial charge in [0.05, 0.1) is 0 Å². The van der Waals surface area contributed by atoms with Gasteiger partial charge < -0.3 is 4.90 Å². The van der Waals surface area contributed by atoms with E-state index in [2.05, 4.69) is 37.5 Å². The molecule has 1 nitrogen and oxygen atoms in total. The zero-order valence-corrected chi connectivity index (χ0v) is 11.2. The van der Waals surface area contributed by atoms with Gasteiger partial charge in [0, 0.05) is 23.0 Å². The smallest absolute Gasteiger partial charge is 0.0426 e. The maximum atomic E-state index is 5.93. The Morgan fingerprint density at radius 3 is 2.35 bits per heavy atom. The molecule has 90 valence electrons. The second-order valence-electron chi connectivity index (χ2n) is 4.45. The summed E-state index contributed by atoms with van der Waals surface area (Å²) >= 11 is 5.93. The number of rotatable bonds is 3. The molecule has 0 N–H and O–H groups in total. The van der Waals surface area contributed by atoms with Crippen LogP contribution in [0.3, 0.4) is 0 Å². The Hall–Kier alpha value is -1.21. The average molecular weight is 248 g/mol. The fourth-order valence-electron chi connectivity index (χ4n) is 2.39. The third-order valence-electron chi connectivity index (χ3n) is 3.27. The van der Waals surface area contributed by atoms with Crippen LogP contribution >= 0.6 is 11.6 Å². The predicted octanol–water partition coefficient (Wildman–Crippen LogP) is 4.79. The first kappa shape index (κ1) is 12.3. The van der Waals surface area contributed by atoms with E-state index in [0.29, 0.717) is 0 Å². The summed E-state index contributed by atoms with van der Waals surface area (Å²) in [6, 6.07) is 8.01. The molecule has 1 aromatic rings. The number of allylic oxidation sites excluding steroid dienone is 2. The van der Waals surface area contributed by atoms with Gasteiger partial charge in [-0.3, -0.25) is 0 Å². The molecule has 0 atom stereocenters. The number of halogens is 1. The lowest BCUT2D eigenvalue weighted by molar-refractivity contribution is 0.958. The minimum absolute atomic E-state index is 0.778. The van der Waals surface area contributed by atoms with Crippen LogP contribution in [0.2, 0.25) is 5.02 Å². The number of hydrogen-bond acceptors (Lipinski definition) is 1. The van der Waals surface area contributed by atoms with E-state index in [1.54, 1.807) is 0 Å². The van der Waals surface area contributed by atoms with Crippen molar-refractivity contribution in [3.8, 4) is 0 Å². The predicted molar refractivity (Wildman–Crippen MR) is 75.5 cm³/mol. The first-order chi connectivity index (χ1) is 8.13. The Labute approximate surface area is 108 Å². The van der Waals surface area contributed by atoms with Crippen LogP contribution in [0.5, 0.6) is 0 Å². The summed E-state index contributed by atoms with van der Waals surface area (Å²) in [5.41, 5.74) is 5.19. The largest absolute Gasteiger partial charge is 0.342 e. The molecule has 0 radical (unpaired) electrons. The highest BCUT2D eigenvalue weighted by molar-refractivity contribution is 6.30. The minimum atomic E-state index is 0.778. The van der Waals surface area contributed by atoms with Crippen molar-refractivity contribution in [1.82, 2.24) is 0 Å². The number of likely N-dealkylation sites (N-methyl/N-ethyl adjacent to an activating group) is 1. The van der Waals surface area contributed by atoms with E-state index in [9.17, 15) is 0 Å². The summed E-state index contributed by atoms with van der Waals surface area (Å²) in [7, 11) is 0. The molecule has 0 bridgehead atoms. The van der Waals surface area contributed by atoms with E-state index in [0.717, 1.165) is 24.4 Å². The Balaban J connectivity index is 2.37. The van der Waals surface area contributed by atoms with Crippen molar-refractivity contribution in [2.45, 2.75) is 26.7 Å². The SMILES string of the molecule is C=C1CCC(C)=C1N(CC)c1ccc(Cl)cc1. The van der Waals surface area contributed by atoms with Crippen molar-refractivity contribution in [1.29, 1.82) is 0 Å². The standard InChI is InChI=1S/C15H18ClN/c1-4-17(14-9-7-13(16)8-10-14)15-11(2)5-6-12(15)3/h7-10H,2,4-6H2,1,3H3. The summed E-state index contributed by atoms with van der Waals surface area (Å²) < 4.78 is 0. The first-order valence-corrected chi connectivity index (χ1v) is 6.42. The monoisotopic (exact) mass is 247 g/mol. The second-order valence-corrected chi connectivity index (χ2v) is 4.89. The van der Waals surface area contributed by atoms with Crippen LogP contribution in [0.15, 0.2) is 47.7 Å². The van der Waals surface area contributed by atoms with Crippen molar-refractivity contribution in [3.63, 3.8) is 0 Å². The molecule has 0 amide bonds. The molecule has 0 fully saturated rings. The summed E-state index contributed by atoms with van der Waals surface area (Å²) in [5.74, 6) is 0. The van der Waals surface area contributed by atoms with Crippen LogP contribution in [0, 0.1) is 0 Å². The molecule has 1 aromatic carbocycles. The highest BCUT2D eigenvalue weighted by atomic mass is 35.5. The van der Waals surface area contributed by atoms with Gasteiger partial charge >= 0.3 is 0 Å². The molecule has 0 unspecified atom stereocenters. The van der Waals surface area contributed by atoms with Gasteiger partial charge in [0.25, 0.3) is 0 Å². The first-order valence-electron chi connectivity index (χ1n) is 6.04. The molecule has 0 saturated carbocycles. The van der Waals surface area contributed by atoms with Gasteiger partial charge in [0.1, 0.15) is 0 Å². The number of anilines is 1. The van der Waals surface area contributed by atoms with Crippen LogP contribution in [0.4, 0.5) is 5.69 Å². The van der Waals surface area contributed by atoms with Crippen LogP contribution in [-0.2, 0) is 0 Å². The fraction of sp³-hybridized carbons (Fsp3) is 0.333. The average Bonchev–Trinajstić information content (AvgIpc) is 2.64. The van der Waals surface area contributed by atoms with E-state index in [1.165, 1.54) is 22.5 Å². The maximum Gasteiger partial charge on any atom is 0.0426 e. The molecule has 0 aromatic heterocycles. The van der Waals surface area contributed by atoms with Gasteiger partial charge in [0.15, 0.2) is 0 Å². The van der Waals surface area contributed by atoms with E-state index in [4.69, 9.17) is 11.6 Å². The Morgan fingerprint density at radius 2 is 1.88 bits per heavy atom. The van der Waals surface area contributed by atoms with Gasteiger partial charge in [-0.1, -0.05) is 18.2 Å². The normalized spacial score (nSPS) is 15.6. The topological polar surface area (TPSA) is 3.24 Å². The molecule has 2 heteroatoms. The lowest BCUT2D eigenvalue weighted by atomic mass is 10.2. The summed E-state index contributed by atoms with van der Waals surface area (Å²) in [4.78, 5) is 2.32. The molecule has 0 heterocycles. The highest BCUT2D eigenvalue weighted by Crippen LogP contribution is 2.35. The van der Waals surface area contributed by atoms with Crippen LogP contribution in [0.25, 0.3) is 0 Å². The van der Waals surface area contributed by atoms with E-state index in [1.807, 2.05) is 12.1 Å². The van der Waals surface area contributed by atoms with Crippen molar-refractivity contribution < 1.29 is 0 Å². The maximum absolute atomic E-state index is 5.93. The van der Waals surface area contributed by atoms with Gasteiger partial charge in [-0.15, -0.1) is 0 Å². The third-order valence-corrected chi connectivity index (χ3v) is 3.52. The van der Waals surface area contributed by atoms with Crippen LogP contribution in [0.1, 0.15) is 26.7 Å². The van der Waals surface area contributed by atoms with Gasteiger partial charge in [-0.05, 0) is 62.1 Å². The van der Waals surface area contributed by atoms with Crippen LogP contribution in [-0.4, -0.2) is 6.54 Å². The zero-order chi connectivity index (χ0) is 12.4. The quantitative estimate of drug-likeness (QED) is 0.742. The van der Waals surface area contributed by atoms with E-state index >= 15 is 0 Å². The molecule has 2 rings (SSSR count). The minimum Gasteiger partial charge on any atom is -0.342 e. The molecule has 1 aliphatic rings. The summed E-state index contributed by atoms with van der Waals surface area (Å²) in [5, 5.41) is 0.778. The summed E-state index contributed by atoms with van der Waals surface area (Å²) in [6.45, 7) is 9.49. The molecule has 0 saturated heterocycles. The molecule has 1 aliphatic carbocycles. The molecule has 0 spiro atoms. The number of hydrogen-bond donors (Lipinski definition) is 0. The molecular formula is C15H18ClN. The Kier molecular flexibility index (Phi) is 3.58. The molecule has 17 heavy (non-hydrogen) atoms. The van der Waals surface area contributed by atoms with Gasteiger partial charge in [0.2, 0.25) is 0 Å². The van der Waals surface area contributed by atoms with E-state index in [-0.39, 0.29) is 0 Å². The summed E-state index contributed by atoms with van der Waals surface area (Å²) in [6.07, 6.45) is 2.23.